The van der Waals surface area contributed by atoms with Crippen LogP contribution in [0, 0.1) is 19.8 Å². The Bertz CT molecular complexity index is 767. The summed E-state index contributed by atoms with van der Waals surface area (Å²) in [5.74, 6) is 1.30. The van der Waals surface area contributed by atoms with Gasteiger partial charge in [0.15, 0.2) is 0 Å². The van der Waals surface area contributed by atoms with Crippen LogP contribution in [0.3, 0.4) is 0 Å². The number of rotatable bonds is 6. The lowest BCUT2D eigenvalue weighted by Crippen LogP contribution is -2.31. The van der Waals surface area contributed by atoms with E-state index in [4.69, 9.17) is 11.6 Å². The summed E-state index contributed by atoms with van der Waals surface area (Å²) in [6.07, 6.45) is 4.97. The second-order valence-corrected chi connectivity index (χ2v) is 9.38. The zero-order valence-corrected chi connectivity index (χ0v) is 20.9. The molecule has 5 heteroatoms. The molecule has 2 aromatic rings. The van der Waals surface area contributed by atoms with Crippen LogP contribution in [0.25, 0.3) is 0 Å². The normalized spacial score (nSPS) is 14.4. The summed E-state index contributed by atoms with van der Waals surface area (Å²) in [5.41, 5.74) is 3.94. The third kappa shape index (κ3) is 11.9. The minimum absolute atomic E-state index is 0.322. The number of halogens is 1. The largest absolute Gasteiger partial charge is 0.356 e. The average molecular weight is 459 g/mol. The van der Waals surface area contributed by atoms with Crippen molar-refractivity contribution in [3.63, 3.8) is 0 Å². The highest BCUT2D eigenvalue weighted by molar-refractivity contribution is 6.30. The van der Waals surface area contributed by atoms with E-state index in [-0.39, 0.29) is 0 Å². The Morgan fingerprint density at radius 1 is 1.00 bits per heavy atom. The van der Waals surface area contributed by atoms with E-state index in [1.54, 1.807) is 0 Å². The standard InChI is InChI=1S/C13H17NO.C7H7Cl.C7H15NO/c1-11-2-4-12(5-3-11)13-6-8-14(10-15)9-7-13;1-6-3-2-4-7(8)5-6;1-6(2)4-7(3)8-5-9/h2-5,10,13H,6-9H2,1H3;2-5H,1H3;5-7H,4H2,1-3H3,(H,8,9). The van der Waals surface area contributed by atoms with Gasteiger partial charge in [-0.15, -0.1) is 0 Å². The Morgan fingerprint density at radius 2 is 1.62 bits per heavy atom. The van der Waals surface area contributed by atoms with Crippen molar-refractivity contribution in [2.45, 2.75) is 65.8 Å². The van der Waals surface area contributed by atoms with E-state index in [2.05, 4.69) is 50.4 Å². The maximum absolute atomic E-state index is 10.6. The predicted molar refractivity (Wildman–Crippen MR) is 135 cm³/mol. The summed E-state index contributed by atoms with van der Waals surface area (Å²) in [6, 6.07) is 16.9. The van der Waals surface area contributed by atoms with E-state index in [1.807, 2.05) is 43.0 Å². The maximum Gasteiger partial charge on any atom is 0.209 e. The number of carbonyl (C=O) groups excluding carboxylic acids is 2. The van der Waals surface area contributed by atoms with Crippen molar-refractivity contribution < 1.29 is 9.59 Å². The van der Waals surface area contributed by atoms with Gasteiger partial charge in [0, 0.05) is 24.2 Å². The summed E-state index contributed by atoms with van der Waals surface area (Å²) in [7, 11) is 0. The van der Waals surface area contributed by atoms with Crippen LogP contribution >= 0.6 is 11.6 Å². The van der Waals surface area contributed by atoms with Gasteiger partial charge in [0.2, 0.25) is 12.8 Å². The molecule has 1 fully saturated rings. The molecule has 0 saturated carbocycles. The highest BCUT2D eigenvalue weighted by atomic mass is 35.5. The van der Waals surface area contributed by atoms with Gasteiger partial charge in [-0.05, 0) is 75.1 Å². The summed E-state index contributed by atoms with van der Waals surface area (Å²) < 4.78 is 0. The van der Waals surface area contributed by atoms with Gasteiger partial charge in [0.1, 0.15) is 0 Å². The molecule has 2 aromatic carbocycles. The number of nitrogens with one attached hydrogen (secondary N) is 1. The van der Waals surface area contributed by atoms with Gasteiger partial charge >= 0.3 is 0 Å². The van der Waals surface area contributed by atoms with Gasteiger partial charge in [-0.25, -0.2) is 0 Å². The minimum atomic E-state index is 0.322. The first-order valence-electron chi connectivity index (χ1n) is 11.4. The average Bonchev–Trinajstić information content (AvgIpc) is 2.75. The van der Waals surface area contributed by atoms with Crippen LogP contribution in [0.1, 0.15) is 62.6 Å². The highest BCUT2D eigenvalue weighted by Gasteiger charge is 2.19. The Morgan fingerprint density at radius 3 is 2.06 bits per heavy atom. The molecule has 1 saturated heterocycles. The predicted octanol–water partition coefficient (Wildman–Crippen LogP) is 6.15. The number of likely N-dealkylation sites (tertiary alicyclic amines) is 1. The minimum Gasteiger partial charge on any atom is -0.356 e. The molecule has 1 heterocycles. The molecule has 0 spiro atoms. The molecule has 0 aromatic heterocycles. The van der Waals surface area contributed by atoms with Crippen molar-refractivity contribution in [2.24, 2.45) is 5.92 Å². The van der Waals surface area contributed by atoms with E-state index < -0.39 is 0 Å². The zero-order chi connectivity index (χ0) is 23.9. The number of aryl methyl sites for hydroxylation is 2. The van der Waals surface area contributed by atoms with Gasteiger partial charge in [-0.1, -0.05) is 67.4 Å². The van der Waals surface area contributed by atoms with Gasteiger partial charge in [0.25, 0.3) is 0 Å². The second-order valence-electron chi connectivity index (χ2n) is 8.94. The third-order valence-corrected chi connectivity index (χ3v) is 5.62. The number of carbonyl (C=O) groups is 2. The van der Waals surface area contributed by atoms with Gasteiger partial charge < -0.3 is 10.2 Å². The van der Waals surface area contributed by atoms with Crippen LogP contribution in [-0.2, 0) is 9.59 Å². The molecule has 2 amide bonds. The molecule has 1 aliphatic heterocycles. The fourth-order valence-corrected chi connectivity index (χ4v) is 3.92. The number of hydrogen-bond acceptors (Lipinski definition) is 2. The smallest absolute Gasteiger partial charge is 0.209 e. The molecule has 1 N–H and O–H groups in total. The molecule has 0 radical (unpaired) electrons. The van der Waals surface area contributed by atoms with Crippen molar-refractivity contribution in [3.05, 3.63) is 70.2 Å². The summed E-state index contributed by atoms with van der Waals surface area (Å²) in [6.45, 7) is 12.2. The molecular weight excluding hydrogens is 420 g/mol. The fourth-order valence-electron chi connectivity index (χ4n) is 3.67. The van der Waals surface area contributed by atoms with E-state index in [9.17, 15) is 9.59 Å². The SMILES string of the molecule is CC(C)CC(C)NC=O.Cc1ccc(C2CCN(C=O)CC2)cc1.Cc1cccc(Cl)c1. The lowest BCUT2D eigenvalue weighted by Gasteiger charge is -2.29. The third-order valence-electron chi connectivity index (χ3n) is 5.39. The van der Waals surface area contributed by atoms with Crippen molar-refractivity contribution in [1.82, 2.24) is 10.2 Å². The topological polar surface area (TPSA) is 49.4 Å². The van der Waals surface area contributed by atoms with Gasteiger partial charge in [0.05, 0.1) is 0 Å². The first kappa shape index (κ1) is 27.7. The number of nitrogens with zero attached hydrogens (tertiary/aromatic N) is 1. The van der Waals surface area contributed by atoms with Crippen LogP contribution in [0.15, 0.2) is 48.5 Å². The number of hydrogen-bond donors (Lipinski definition) is 1. The van der Waals surface area contributed by atoms with Crippen LogP contribution in [-0.4, -0.2) is 36.9 Å². The number of benzene rings is 2. The van der Waals surface area contributed by atoms with Crippen LogP contribution < -0.4 is 5.32 Å². The van der Waals surface area contributed by atoms with E-state index in [1.165, 1.54) is 16.7 Å². The Kier molecular flexibility index (Phi) is 13.4. The lowest BCUT2D eigenvalue weighted by molar-refractivity contribution is -0.119. The second kappa shape index (κ2) is 15.5. The van der Waals surface area contributed by atoms with Crippen molar-refractivity contribution >= 4 is 24.4 Å². The van der Waals surface area contributed by atoms with Crippen molar-refractivity contribution in [3.8, 4) is 0 Å². The number of amides is 2. The van der Waals surface area contributed by atoms with E-state index in [0.717, 1.165) is 50.2 Å². The molecule has 176 valence electrons. The van der Waals surface area contributed by atoms with Gasteiger partial charge in [-0.2, -0.15) is 0 Å². The molecule has 1 atom stereocenters. The Hall–Kier alpha value is -2.33. The molecule has 3 rings (SSSR count). The van der Waals surface area contributed by atoms with E-state index >= 15 is 0 Å². The summed E-state index contributed by atoms with van der Waals surface area (Å²) >= 11 is 5.64. The zero-order valence-electron chi connectivity index (χ0n) is 20.2. The molecule has 1 aliphatic rings. The quantitative estimate of drug-likeness (QED) is 0.528. The van der Waals surface area contributed by atoms with Crippen molar-refractivity contribution in [2.75, 3.05) is 13.1 Å². The molecule has 1 unspecified atom stereocenters. The molecular formula is C27H39ClN2O2. The molecule has 32 heavy (non-hydrogen) atoms. The van der Waals surface area contributed by atoms with E-state index in [0.29, 0.717) is 17.9 Å². The molecule has 4 nitrogen and oxygen atoms in total. The van der Waals surface area contributed by atoms with Crippen LogP contribution in [0.5, 0.6) is 0 Å². The highest BCUT2D eigenvalue weighted by Crippen LogP contribution is 2.27. The van der Waals surface area contributed by atoms with Crippen LogP contribution in [0.4, 0.5) is 0 Å². The molecule has 0 aliphatic carbocycles. The summed E-state index contributed by atoms with van der Waals surface area (Å²) in [5, 5.41) is 3.51. The monoisotopic (exact) mass is 458 g/mol. The Labute approximate surface area is 199 Å². The first-order valence-corrected chi connectivity index (χ1v) is 11.8. The molecule has 0 bridgehead atoms. The fraction of sp³-hybridized carbons (Fsp3) is 0.481. The first-order chi connectivity index (χ1) is 15.2. The van der Waals surface area contributed by atoms with Gasteiger partial charge in [-0.3, -0.25) is 9.59 Å². The number of piperidine rings is 1. The Balaban J connectivity index is 0.000000260. The maximum atomic E-state index is 10.6. The lowest BCUT2D eigenvalue weighted by atomic mass is 9.89. The summed E-state index contributed by atoms with van der Waals surface area (Å²) in [4.78, 5) is 22.3. The van der Waals surface area contributed by atoms with Crippen LogP contribution in [0.2, 0.25) is 5.02 Å². The van der Waals surface area contributed by atoms with Crippen molar-refractivity contribution in [1.29, 1.82) is 0 Å².